The number of nitrogens with zero attached hydrogens (tertiary/aromatic N) is 3. The van der Waals surface area contributed by atoms with E-state index in [1.807, 2.05) is 31.2 Å². The zero-order chi connectivity index (χ0) is 18.6. The molecule has 4 rings (SSSR count). The van der Waals surface area contributed by atoms with Gasteiger partial charge in [0, 0.05) is 35.9 Å². The summed E-state index contributed by atoms with van der Waals surface area (Å²) in [6, 6.07) is 16.3. The van der Waals surface area contributed by atoms with Crippen molar-refractivity contribution < 1.29 is 4.74 Å². The average Bonchev–Trinajstić information content (AvgIpc) is 3.04. The van der Waals surface area contributed by atoms with E-state index in [1.165, 1.54) is 5.56 Å². The highest BCUT2D eigenvalue weighted by atomic mass is 16.5. The van der Waals surface area contributed by atoms with Crippen molar-refractivity contribution in [3.05, 3.63) is 71.7 Å². The van der Waals surface area contributed by atoms with E-state index in [0.717, 1.165) is 27.7 Å². The molecule has 0 spiro atoms. The highest BCUT2D eigenvalue weighted by molar-refractivity contribution is 5.97. The summed E-state index contributed by atoms with van der Waals surface area (Å²) in [6.07, 6.45) is 1.55. The van der Waals surface area contributed by atoms with Gasteiger partial charge in [-0.3, -0.25) is 0 Å². The Bertz CT molecular complexity index is 1060. The minimum atomic E-state index is 0.553. The molecule has 0 aliphatic carbocycles. The number of anilines is 1. The van der Waals surface area contributed by atoms with Gasteiger partial charge in [-0.25, -0.2) is 9.97 Å². The van der Waals surface area contributed by atoms with E-state index >= 15 is 0 Å². The Hall–Kier alpha value is -3.25. The van der Waals surface area contributed by atoms with Crippen LogP contribution in [-0.4, -0.2) is 27.0 Å². The lowest BCUT2D eigenvalue weighted by Gasteiger charge is -2.06. The van der Waals surface area contributed by atoms with Gasteiger partial charge in [0.1, 0.15) is 6.33 Å². The maximum absolute atomic E-state index is 5.31. The predicted octanol–water partition coefficient (Wildman–Crippen LogP) is 4.09. The molecule has 6 heteroatoms. The molecule has 2 aromatic carbocycles. The minimum Gasteiger partial charge on any atom is -0.380 e. The number of benzene rings is 2. The van der Waals surface area contributed by atoms with Crippen molar-refractivity contribution in [2.24, 2.45) is 0 Å². The molecule has 0 atom stereocenters. The van der Waals surface area contributed by atoms with Crippen molar-refractivity contribution in [3.8, 4) is 11.4 Å². The van der Waals surface area contributed by atoms with Crippen LogP contribution < -0.4 is 5.32 Å². The maximum atomic E-state index is 5.31. The number of methoxy groups -OCH3 is 1. The number of H-pyrrole nitrogens is 1. The Morgan fingerprint density at radius 3 is 2.70 bits per heavy atom. The topological polar surface area (TPSA) is 75.7 Å². The molecular weight excluding hydrogens is 338 g/mol. The molecule has 0 saturated carbocycles. The van der Waals surface area contributed by atoms with Crippen LogP contribution in [0.1, 0.15) is 16.8 Å². The lowest BCUT2D eigenvalue weighted by Crippen LogP contribution is -2.05. The second kappa shape index (κ2) is 7.55. The van der Waals surface area contributed by atoms with Gasteiger partial charge in [-0.05, 0) is 12.5 Å². The highest BCUT2D eigenvalue weighted by Crippen LogP contribution is 2.32. The largest absolute Gasteiger partial charge is 0.380 e. The third-order valence-electron chi connectivity index (χ3n) is 4.50. The fourth-order valence-corrected chi connectivity index (χ4v) is 3.25. The van der Waals surface area contributed by atoms with Gasteiger partial charge >= 0.3 is 0 Å². The third-order valence-corrected chi connectivity index (χ3v) is 4.50. The van der Waals surface area contributed by atoms with Gasteiger partial charge < -0.3 is 15.0 Å². The molecule has 2 aromatic heterocycles. The second-order valence-corrected chi connectivity index (χ2v) is 6.37. The van der Waals surface area contributed by atoms with E-state index in [1.54, 1.807) is 13.4 Å². The SMILES string of the molecule is COCc1cccc2c(-c3ncnc(NCc4ccccc4)n3)c(C)[nH]c12. The molecule has 0 bridgehead atoms. The number of nitrogens with one attached hydrogen (secondary N) is 2. The first-order valence-electron chi connectivity index (χ1n) is 8.82. The summed E-state index contributed by atoms with van der Waals surface area (Å²) in [4.78, 5) is 16.8. The standard InChI is InChI=1S/C21H21N5O/c1-14-18(17-10-6-9-16(12-27-2)19(17)25-14)20-23-13-24-21(26-20)22-11-15-7-4-3-5-8-15/h3-10,13,25H,11-12H2,1-2H3,(H,22,23,24,26). The summed E-state index contributed by atoms with van der Waals surface area (Å²) in [5.74, 6) is 1.21. The summed E-state index contributed by atoms with van der Waals surface area (Å²) in [7, 11) is 1.70. The van der Waals surface area contributed by atoms with E-state index in [-0.39, 0.29) is 0 Å². The quantitative estimate of drug-likeness (QED) is 0.542. The Morgan fingerprint density at radius 1 is 1.04 bits per heavy atom. The molecule has 0 aliphatic rings. The van der Waals surface area contributed by atoms with Crippen molar-refractivity contribution in [2.75, 3.05) is 12.4 Å². The number of ether oxygens (including phenoxy) is 1. The van der Waals surface area contributed by atoms with Gasteiger partial charge in [-0.2, -0.15) is 4.98 Å². The summed E-state index contributed by atoms with van der Waals surface area (Å²) < 4.78 is 5.31. The monoisotopic (exact) mass is 359 g/mol. The van der Waals surface area contributed by atoms with E-state index in [9.17, 15) is 0 Å². The summed E-state index contributed by atoms with van der Waals surface area (Å²) in [5, 5.41) is 4.36. The lowest BCUT2D eigenvalue weighted by atomic mass is 10.1. The predicted molar refractivity (Wildman–Crippen MR) is 106 cm³/mol. The Balaban J connectivity index is 1.67. The van der Waals surface area contributed by atoms with Gasteiger partial charge in [0.15, 0.2) is 5.82 Å². The third kappa shape index (κ3) is 3.52. The van der Waals surface area contributed by atoms with Crippen molar-refractivity contribution in [3.63, 3.8) is 0 Å². The van der Waals surface area contributed by atoms with Gasteiger partial charge in [0.25, 0.3) is 0 Å². The smallest absolute Gasteiger partial charge is 0.226 e. The molecule has 4 aromatic rings. The van der Waals surface area contributed by atoms with Crippen LogP contribution >= 0.6 is 0 Å². The number of para-hydroxylation sites is 1. The number of aromatic amines is 1. The van der Waals surface area contributed by atoms with E-state index in [2.05, 4.69) is 49.5 Å². The Kier molecular flexibility index (Phi) is 4.80. The summed E-state index contributed by atoms with van der Waals surface area (Å²) in [5.41, 5.74) is 5.36. The zero-order valence-corrected chi connectivity index (χ0v) is 15.4. The van der Waals surface area contributed by atoms with E-state index in [0.29, 0.717) is 24.9 Å². The number of rotatable bonds is 6. The van der Waals surface area contributed by atoms with Crippen LogP contribution in [0, 0.1) is 6.92 Å². The second-order valence-electron chi connectivity index (χ2n) is 6.37. The molecule has 0 radical (unpaired) electrons. The van der Waals surface area contributed by atoms with Crippen molar-refractivity contribution in [2.45, 2.75) is 20.1 Å². The molecule has 2 heterocycles. The fourth-order valence-electron chi connectivity index (χ4n) is 3.25. The number of aryl methyl sites for hydroxylation is 1. The molecule has 0 fully saturated rings. The van der Waals surface area contributed by atoms with Crippen molar-refractivity contribution >= 4 is 16.9 Å². The van der Waals surface area contributed by atoms with Gasteiger partial charge in [-0.1, -0.05) is 48.5 Å². The van der Waals surface area contributed by atoms with E-state index < -0.39 is 0 Å². The normalized spacial score (nSPS) is 11.0. The Labute approximate surface area is 157 Å². The molecule has 2 N–H and O–H groups in total. The van der Waals surface area contributed by atoms with Gasteiger partial charge in [-0.15, -0.1) is 0 Å². The zero-order valence-electron chi connectivity index (χ0n) is 15.4. The van der Waals surface area contributed by atoms with Crippen molar-refractivity contribution in [1.82, 2.24) is 19.9 Å². The van der Waals surface area contributed by atoms with Gasteiger partial charge in [0.05, 0.1) is 12.1 Å². The molecular formula is C21H21N5O. The van der Waals surface area contributed by atoms with Crippen LogP contribution in [0.2, 0.25) is 0 Å². The molecule has 0 unspecified atom stereocenters. The molecule has 136 valence electrons. The maximum Gasteiger partial charge on any atom is 0.226 e. The van der Waals surface area contributed by atoms with Crippen LogP contribution in [0.3, 0.4) is 0 Å². The van der Waals surface area contributed by atoms with Crippen LogP contribution in [-0.2, 0) is 17.9 Å². The first-order valence-corrected chi connectivity index (χ1v) is 8.82. The first kappa shape index (κ1) is 17.2. The molecule has 0 saturated heterocycles. The number of hydrogen-bond donors (Lipinski definition) is 2. The van der Waals surface area contributed by atoms with Crippen molar-refractivity contribution in [1.29, 1.82) is 0 Å². The fraction of sp³-hybridized carbons (Fsp3) is 0.190. The number of hydrogen-bond acceptors (Lipinski definition) is 5. The molecule has 0 amide bonds. The first-order chi connectivity index (χ1) is 13.3. The van der Waals surface area contributed by atoms with Crippen LogP contribution in [0.25, 0.3) is 22.3 Å². The lowest BCUT2D eigenvalue weighted by molar-refractivity contribution is 0.186. The number of aromatic nitrogens is 4. The summed E-state index contributed by atoms with van der Waals surface area (Å²) in [6.45, 7) is 3.25. The minimum absolute atomic E-state index is 0.553. The molecule has 0 aliphatic heterocycles. The Morgan fingerprint density at radius 2 is 1.89 bits per heavy atom. The van der Waals surface area contributed by atoms with Crippen LogP contribution in [0.5, 0.6) is 0 Å². The van der Waals surface area contributed by atoms with Crippen LogP contribution in [0.4, 0.5) is 5.95 Å². The molecule has 6 nitrogen and oxygen atoms in total. The van der Waals surface area contributed by atoms with Gasteiger partial charge in [0.2, 0.25) is 5.95 Å². The van der Waals surface area contributed by atoms with E-state index in [4.69, 9.17) is 4.74 Å². The molecule has 27 heavy (non-hydrogen) atoms. The number of fused-ring (bicyclic) bond motifs is 1. The highest BCUT2D eigenvalue weighted by Gasteiger charge is 2.16. The summed E-state index contributed by atoms with van der Waals surface area (Å²) >= 11 is 0. The average molecular weight is 359 g/mol. The van der Waals surface area contributed by atoms with Crippen LogP contribution in [0.15, 0.2) is 54.9 Å².